The maximum Gasteiger partial charge on any atom is 0.255 e. The number of rotatable bonds is 6. The van der Waals surface area contributed by atoms with E-state index in [-0.39, 0.29) is 24.3 Å². The maximum absolute atomic E-state index is 13.0. The predicted octanol–water partition coefficient (Wildman–Crippen LogP) is 2.25. The van der Waals surface area contributed by atoms with Gasteiger partial charge in [0, 0.05) is 55.8 Å². The molecule has 3 aliphatic heterocycles. The largest absolute Gasteiger partial charge is 0.489 e. The first-order chi connectivity index (χ1) is 17.5. The van der Waals surface area contributed by atoms with Crippen LogP contribution in [0.25, 0.3) is 0 Å². The van der Waals surface area contributed by atoms with Crippen molar-refractivity contribution < 1.29 is 23.9 Å². The Morgan fingerprint density at radius 2 is 1.92 bits per heavy atom. The van der Waals surface area contributed by atoms with Crippen molar-refractivity contribution in [3.8, 4) is 11.6 Å². The normalized spacial score (nSPS) is 26.5. The number of amides is 3. The number of fused-ring (bicyclic) bond motifs is 1. The van der Waals surface area contributed by atoms with Gasteiger partial charge in [0.15, 0.2) is 0 Å². The molecule has 4 aliphatic rings. The highest BCUT2D eigenvalue weighted by atomic mass is 16.5. The lowest BCUT2D eigenvalue weighted by Gasteiger charge is -2.45. The molecule has 0 spiro atoms. The second-order valence-electron chi connectivity index (χ2n) is 10.2. The number of piperidine rings is 1. The zero-order valence-corrected chi connectivity index (χ0v) is 20.3. The minimum atomic E-state index is -0.605. The van der Waals surface area contributed by atoms with E-state index < -0.39 is 11.9 Å². The minimum Gasteiger partial charge on any atom is -0.489 e. The molecule has 2 aromatic rings. The Labute approximate surface area is 209 Å². The van der Waals surface area contributed by atoms with Gasteiger partial charge in [-0.15, -0.1) is 0 Å². The van der Waals surface area contributed by atoms with E-state index in [4.69, 9.17) is 9.47 Å². The van der Waals surface area contributed by atoms with Crippen LogP contribution < -0.4 is 14.8 Å². The molecule has 1 aliphatic carbocycles. The maximum atomic E-state index is 13.0. The molecule has 0 radical (unpaired) electrons. The Morgan fingerprint density at radius 3 is 2.67 bits per heavy atom. The SMILES string of the molecule is COc1ccc(C2CN([C@H]3CCC[C@H]3Oc3ccc4c(c3)CN(C3CCC(=O)NC3=O)C4=O)C2)cn1. The predicted molar refractivity (Wildman–Crippen MR) is 130 cm³/mol. The molecule has 9 heteroatoms. The summed E-state index contributed by atoms with van der Waals surface area (Å²) in [4.78, 5) is 45.2. The van der Waals surface area contributed by atoms with Crippen molar-refractivity contribution >= 4 is 17.7 Å². The summed E-state index contributed by atoms with van der Waals surface area (Å²) < 4.78 is 11.6. The van der Waals surface area contributed by atoms with Gasteiger partial charge in [-0.2, -0.15) is 0 Å². The van der Waals surface area contributed by atoms with Crippen LogP contribution >= 0.6 is 0 Å². The number of aromatic nitrogens is 1. The average Bonchev–Trinajstić information content (AvgIpc) is 3.43. The van der Waals surface area contributed by atoms with E-state index in [0.717, 1.165) is 43.7 Å². The van der Waals surface area contributed by atoms with Gasteiger partial charge in [0.1, 0.15) is 17.9 Å². The van der Waals surface area contributed by atoms with Crippen LogP contribution in [0.15, 0.2) is 36.5 Å². The minimum absolute atomic E-state index is 0.112. The van der Waals surface area contributed by atoms with E-state index in [1.165, 1.54) is 5.56 Å². The third kappa shape index (κ3) is 4.11. The summed E-state index contributed by atoms with van der Waals surface area (Å²) in [5, 5.41) is 2.35. The summed E-state index contributed by atoms with van der Waals surface area (Å²) in [6, 6.07) is 9.39. The van der Waals surface area contributed by atoms with Crippen LogP contribution in [0.5, 0.6) is 11.6 Å². The molecule has 6 rings (SSSR count). The van der Waals surface area contributed by atoms with Crippen molar-refractivity contribution in [2.45, 2.75) is 62.8 Å². The molecule has 3 fully saturated rings. The molecule has 1 unspecified atom stereocenters. The zero-order valence-electron chi connectivity index (χ0n) is 20.3. The quantitative estimate of drug-likeness (QED) is 0.620. The molecule has 3 atom stereocenters. The number of carbonyl (C=O) groups is 3. The van der Waals surface area contributed by atoms with Crippen LogP contribution in [-0.4, -0.2) is 70.9 Å². The van der Waals surface area contributed by atoms with E-state index in [2.05, 4.69) is 21.3 Å². The highest BCUT2D eigenvalue weighted by molar-refractivity contribution is 6.05. The van der Waals surface area contributed by atoms with Gasteiger partial charge < -0.3 is 14.4 Å². The average molecular weight is 491 g/mol. The zero-order chi connectivity index (χ0) is 24.8. The van der Waals surface area contributed by atoms with Gasteiger partial charge in [-0.25, -0.2) is 4.98 Å². The summed E-state index contributed by atoms with van der Waals surface area (Å²) >= 11 is 0. The Kier molecular flexibility index (Phi) is 5.87. The lowest BCUT2D eigenvalue weighted by molar-refractivity contribution is -0.136. The van der Waals surface area contributed by atoms with Gasteiger partial charge in [0.2, 0.25) is 17.7 Å². The number of methoxy groups -OCH3 is 1. The van der Waals surface area contributed by atoms with Crippen LogP contribution in [0.4, 0.5) is 0 Å². The summed E-state index contributed by atoms with van der Waals surface area (Å²) in [5.41, 5.74) is 2.72. The van der Waals surface area contributed by atoms with Crippen molar-refractivity contribution in [2.75, 3.05) is 20.2 Å². The number of nitrogens with one attached hydrogen (secondary N) is 1. The molecular formula is C27H30N4O5. The van der Waals surface area contributed by atoms with Gasteiger partial charge in [0.05, 0.1) is 7.11 Å². The van der Waals surface area contributed by atoms with Crippen LogP contribution in [0.3, 0.4) is 0 Å². The molecule has 0 bridgehead atoms. The number of hydrogen-bond donors (Lipinski definition) is 1. The van der Waals surface area contributed by atoms with Crippen LogP contribution in [-0.2, 0) is 16.1 Å². The highest BCUT2D eigenvalue weighted by Crippen LogP contribution is 2.37. The second-order valence-corrected chi connectivity index (χ2v) is 10.2. The Hall–Kier alpha value is -3.46. The number of carbonyl (C=O) groups excluding carboxylic acids is 3. The fourth-order valence-corrected chi connectivity index (χ4v) is 6.01. The van der Waals surface area contributed by atoms with Crippen molar-refractivity contribution in [1.82, 2.24) is 20.1 Å². The number of benzene rings is 1. The Balaban J connectivity index is 1.09. The van der Waals surface area contributed by atoms with Crippen molar-refractivity contribution in [2.24, 2.45) is 0 Å². The topological polar surface area (TPSA) is 101 Å². The molecular weight excluding hydrogens is 460 g/mol. The molecule has 4 heterocycles. The van der Waals surface area contributed by atoms with E-state index in [1.54, 1.807) is 18.1 Å². The molecule has 1 N–H and O–H groups in total. The molecule has 188 valence electrons. The highest BCUT2D eigenvalue weighted by Gasteiger charge is 2.42. The summed E-state index contributed by atoms with van der Waals surface area (Å²) in [5.74, 6) is 1.04. The summed E-state index contributed by atoms with van der Waals surface area (Å²) in [6.07, 6.45) is 5.89. The number of likely N-dealkylation sites (tertiary alicyclic amines) is 1. The third-order valence-corrected chi connectivity index (χ3v) is 8.02. The van der Waals surface area contributed by atoms with Gasteiger partial charge in [-0.05, 0) is 55.0 Å². The van der Waals surface area contributed by atoms with Gasteiger partial charge in [0.25, 0.3) is 5.91 Å². The molecule has 9 nitrogen and oxygen atoms in total. The summed E-state index contributed by atoms with van der Waals surface area (Å²) in [7, 11) is 1.63. The van der Waals surface area contributed by atoms with E-state index in [1.807, 2.05) is 24.4 Å². The smallest absolute Gasteiger partial charge is 0.255 e. The van der Waals surface area contributed by atoms with Crippen LogP contribution in [0, 0.1) is 0 Å². The van der Waals surface area contributed by atoms with Crippen LogP contribution in [0.2, 0.25) is 0 Å². The number of imide groups is 1. The fourth-order valence-electron chi connectivity index (χ4n) is 6.01. The lowest BCUT2D eigenvalue weighted by atomic mass is 9.90. The Bertz CT molecular complexity index is 1190. The number of ether oxygens (including phenoxy) is 2. The third-order valence-electron chi connectivity index (χ3n) is 8.02. The standard InChI is InChI=1S/C27H30N4O5/c1-35-25-10-5-16(12-28-25)18-13-30(14-18)21-3-2-4-23(21)36-19-6-7-20-17(11-19)15-31(27(20)34)22-8-9-24(32)29-26(22)33/h5-7,10-12,18,21-23H,2-4,8-9,13-15H2,1H3,(H,29,32,33)/t21-,22?,23+/m0/s1. The summed E-state index contributed by atoms with van der Waals surface area (Å²) in [6.45, 7) is 2.35. The molecule has 3 amide bonds. The number of pyridine rings is 1. The van der Waals surface area contributed by atoms with E-state index in [0.29, 0.717) is 36.4 Å². The Morgan fingerprint density at radius 1 is 1.06 bits per heavy atom. The monoisotopic (exact) mass is 490 g/mol. The van der Waals surface area contributed by atoms with E-state index in [9.17, 15) is 14.4 Å². The molecule has 36 heavy (non-hydrogen) atoms. The molecule has 1 saturated carbocycles. The van der Waals surface area contributed by atoms with Crippen molar-refractivity contribution in [3.63, 3.8) is 0 Å². The van der Waals surface area contributed by atoms with Gasteiger partial charge in [-0.3, -0.25) is 24.6 Å². The van der Waals surface area contributed by atoms with Crippen molar-refractivity contribution in [3.05, 3.63) is 53.2 Å². The fraction of sp³-hybridized carbons (Fsp3) is 0.481. The molecule has 2 saturated heterocycles. The van der Waals surface area contributed by atoms with Crippen LogP contribution in [0.1, 0.15) is 59.5 Å². The van der Waals surface area contributed by atoms with Crippen molar-refractivity contribution in [1.29, 1.82) is 0 Å². The first-order valence-electron chi connectivity index (χ1n) is 12.7. The number of nitrogens with zero attached hydrogens (tertiary/aromatic N) is 3. The second kappa shape index (κ2) is 9.20. The van der Waals surface area contributed by atoms with E-state index >= 15 is 0 Å². The molecule has 1 aromatic carbocycles. The first-order valence-corrected chi connectivity index (χ1v) is 12.7. The number of hydrogen-bond acceptors (Lipinski definition) is 7. The molecule has 1 aromatic heterocycles. The van der Waals surface area contributed by atoms with Gasteiger partial charge in [-0.1, -0.05) is 6.07 Å². The van der Waals surface area contributed by atoms with Gasteiger partial charge >= 0.3 is 0 Å². The lowest BCUT2D eigenvalue weighted by Crippen LogP contribution is -2.54. The first kappa shape index (κ1) is 23.0.